The molecule has 2 bridgehead atoms. The van der Waals surface area contributed by atoms with Crippen molar-refractivity contribution in [2.24, 2.45) is 0 Å². The molecule has 0 spiro atoms. The first-order valence-corrected chi connectivity index (χ1v) is 11.3. The molecule has 9 heteroatoms. The second kappa shape index (κ2) is 6.61. The monoisotopic (exact) mass is 436 g/mol. The smallest absolute Gasteiger partial charge is 0.359 e. The van der Waals surface area contributed by atoms with Crippen molar-refractivity contribution in [1.29, 1.82) is 0 Å². The van der Waals surface area contributed by atoms with Crippen molar-refractivity contribution in [1.82, 2.24) is 0 Å². The maximum Gasteiger partial charge on any atom is 0.359 e. The lowest BCUT2D eigenvalue weighted by Gasteiger charge is -2.47. The van der Waals surface area contributed by atoms with Gasteiger partial charge in [0, 0.05) is 12.8 Å². The van der Waals surface area contributed by atoms with Crippen LogP contribution in [0.2, 0.25) is 0 Å². The van der Waals surface area contributed by atoms with E-state index in [2.05, 4.69) is 0 Å². The number of quaternary nitrogens is 1. The molecule has 3 fully saturated rings. The number of hydrogen-bond acceptors (Lipinski definition) is 7. The molecule has 2 N–H and O–H groups in total. The van der Waals surface area contributed by atoms with Gasteiger partial charge in [-0.05, 0) is 22.9 Å². The van der Waals surface area contributed by atoms with Crippen LogP contribution >= 0.6 is 22.7 Å². The Morgan fingerprint density at radius 1 is 1.17 bits per heavy atom. The maximum absolute atomic E-state index is 13.2. The molecule has 0 aromatic carbocycles. The maximum atomic E-state index is 13.2. The molecule has 5 heterocycles. The van der Waals surface area contributed by atoms with Crippen LogP contribution < -0.4 is 0 Å². The van der Waals surface area contributed by atoms with E-state index in [1.807, 2.05) is 17.8 Å². The Balaban J connectivity index is 1.37. The SMILES string of the molecule is C[N+]1(CC(=O)O)[C@@H]2CC(OC(=O)C(O)(c3cccs3)c3cccs3)C[C@H]1[C@H]1O[C@H]12. The predicted molar refractivity (Wildman–Crippen MR) is 106 cm³/mol. The first kappa shape index (κ1) is 19.2. The summed E-state index contributed by atoms with van der Waals surface area (Å²) in [5, 5.41) is 24.4. The van der Waals surface area contributed by atoms with Crippen molar-refractivity contribution < 1.29 is 33.8 Å². The Labute approximate surface area is 175 Å². The van der Waals surface area contributed by atoms with Gasteiger partial charge in [0.2, 0.25) is 5.60 Å². The summed E-state index contributed by atoms with van der Waals surface area (Å²) in [5.74, 6) is -1.50. The van der Waals surface area contributed by atoms with E-state index in [1.165, 1.54) is 22.7 Å². The van der Waals surface area contributed by atoms with E-state index in [0.717, 1.165) is 0 Å². The van der Waals surface area contributed by atoms with Crippen LogP contribution in [0.15, 0.2) is 35.0 Å². The molecule has 7 nitrogen and oxygen atoms in total. The number of piperidine rings is 1. The third-order valence-electron chi connectivity index (χ3n) is 6.64. The molecule has 154 valence electrons. The van der Waals surface area contributed by atoms with E-state index in [-0.39, 0.29) is 36.9 Å². The molecular weight excluding hydrogens is 414 g/mol. The van der Waals surface area contributed by atoms with Gasteiger partial charge in [0.15, 0.2) is 6.54 Å². The van der Waals surface area contributed by atoms with Crippen LogP contribution in [-0.2, 0) is 24.7 Å². The Bertz CT molecular complexity index is 875. The number of epoxide rings is 1. The number of carboxylic acid groups (broad SMARTS) is 1. The molecule has 0 radical (unpaired) electrons. The molecule has 0 amide bonds. The summed E-state index contributed by atoms with van der Waals surface area (Å²) in [6.07, 6.45) is 0.805. The van der Waals surface area contributed by atoms with Crippen LogP contribution in [-0.4, -0.2) is 70.6 Å². The van der Waals surface area contributed by atoms with E-state index in [4.69, 9.17) is 9.47 Å². The fourth-order valence-electron chi connectivity index (χ4n) is 5.21. The molecule has 2 aromatic rings. The molecule has 2 aromatic heterocycles. The van der Waals surface area contributed by atoms with Gasteiger partial charge in [0.1, 0.15) is 30.4 Å². The number of esters is 1. The zero-order valence-corrected chi connectivity index (χ0v) is 17.4. The van der Waals surface area contributed by atoms with Crippen molar-refractivity contribution >= 4 is 34.6 Å². The fourth-order valence-corrected chi connectivity index (χ4v) is 6.92. The Morgan fingerprint density at radius 2 is 1.72 bits per heavy atom. The van der Waals surface area contributed by atoms with Crippen molar-refractivity contribution in [3.63, 3.8) is 0 Å². The van der Waals surface area contributed by atoms with Crippen LogP contribution in [0.3, 0.4) is 0 Å². The van der Waals surface area contributed by atoms with Crippen molar-refractivity contribution in [2.45, 2.75) is 48.8 Å². The van der Waals surface area contributed by atoms with Crippen molar-refractivity contribution in [3.05, 3.63) is 44.8 Å². The fraction of sp³-hybridized carbons (Fsp3) is 0.500. The van der Waals surface area contributed by atoms with Gasteiger partial charge in [-0.25, -0.2) is 9.59 Å². The third-order valence-corrected chi connectivity index (χ3v) is 8.60. The summed E-state index contributed by atoms with van der Waals surface area (Å²) < 4.78 is 12.0. The lowest BCUT2D eigenvalue weighted by molar-refractivity contribution is -0.949. The van der Waals surface area contributed by atoms with Crippen LogP contribution in [0.25, 0.3) is 0 Å². The van der Waals surface area contributed by atoms with Crippen molar-refractivity contribution in [2.75, 3.05) is 13.6 Å². The number of aliphatic hydroxyl groups is 1. The van der Waals surface area contributed by atoms with Crippen LogP contribution in [0.4, 0.5) is 0 Å². The number of rotatable bonds is 6. The summed E-state index contributed by atoms with van der Waals surface area (Å²) in [5.41, 5.74) is -1.82. The number of likely N-dealkylation sites (N-methyl/N-ethyl adjacent to an activating group) is 1. The molecule has 3 aliphatic rings. The minimum absolute atomic E-state index is 0.00998. The second-order valence-electron chi connectivity index (χ2n) is 8.26. The van der Waals surface area contributed by atoms with Gasteiger partial charge in [-0.1, -0.05) is 12.1 Å². The molecule has 6 atom stereocenters. The predicted octanol–water partition coefficient (Wildman–Crippen LogP) is 1.80. The van der Waals surface area contributed by atoms with E-state index < -0.39 is 17.5 Å². The van der Waals surface area contributed by atoms with Gasteiger partial charge >= 0.3 is 11.9 Å². The van der Waals surface area contributed by atoms with Crippen LogP contribution in [0, 0.1) is 0 Å². The summed E-state index contributed by atoms with van der Waals surface area (Å²) in [6.45, 7) is 0.0423. The highest BCUT2D eigenvalue weighted by atomic mass is 32.1. The number of aliphatic carboxylic acids is 1. The molecule has 2 unspecified atom stereocenters. The van der Waals surface area contributed by atoms with E-state index >= 15 is 0 Å². The number of ether oxygens (including phenoxy) is 2. The second-order valence-corrected chi connectivity index (χ2v) is 10.2. The number of nitrogens with zero attached hydrogens (tertiary/aromatic N) is 1. The first-order valence-electron chi connectivity index (χ1n) is 9.57. The number of carbonyl (C=O) groups excluding carboxylic acids is 1. The average molecular weight is 437 g/mol. The molecule has 0 aliphatic carbocycles. The highest BCUT2D eigenvalue weighted by molar-refractivity contribution is 7.12. The quantitative estimate of drug-likeness (QED) is 0.407. The standard InChI is InChI=1S/C20H21NO6S2/c1-21(10-16(22)23)12-8-11(9-13(21)18-17(12)27-18)26-19(24)20(25,14-4-2-6-28-14)15-5-3-7-29-15/h2-7,11-13,17-18,25H,8-10H2,1H3/p+1/t11?,12-,13+,17+,18-,21?. The van der Waals surface area contributed by atoms with E-state index in [0.29, 0.717) is 27.1 Å². The van der Waals surface area contributed by atoms with Gasteiger partial charge in [0.05, 0.1) is 16.8 Å². The minimum atomic E-state index is -1.82. The molecule has 0 saturated carbocycles. The summed E-state index contributed by atoms with van der Waals surface area (Å²) >= 11 is 2.63. The first-order chi connectivity index (χ1) is 13.8. The van der Waals surface area contributed by atoms with Gasteiger partial charge in [-0.2, -0.15) is 0 Å². The average Bonchev–Trinajstić information content (AvgIpc) is 3.03. The molecule has 3 aliphatic heterocycles. The summed E-state index contributed by atoms with van der Waals surface area (Å²) in [4.78, 5) is 25.7. The number of fused-ring (bicyclic) bond motifs is 5. The van der Waals surface area contributed by atoms with Crippen molar-refractivity contribution in [3.8, 4) is 0 Å². The zero-order chi connectivity index (χ0) is 20.4. The van der Waals surface area contributed by atoms with E-state index in [9.17, 15) is 19.8 Å². The lowest BCUT2D eigenvalue weighted by Crippen LogP contribution is -2.64. The Hall–Kier alpha value is -1.78. The molecular formula is C20H22NO6S2+. The summed E-state index contributed by atoms with van der Waals surface area (Å²) in [7, 11) is 1.96. The van der Waals surface area contributed by atoms with E-state index in [1.54, 1.807) is 24.3 Å². The van der Waals surface area contributed by atoms with Crippen LogP contribution in [0.1, 0.15) is 22.6 Å². The Morgan fingerprint density at radius 3 is 2.17 bits per heavy atom. The lowest BCUT2D eigenvalue weighted by atomic mass is 9.94. The topological polar surface area (TPSA) is 96.4 Å². The number of thiophene rings is 2. The highest BCUT2D eigenvalue weighted by Gasteiger charge is 2.72. The van der Waals surface area contributed by atoms with Crippen LogP contribution in [0.5, 0.6) is 0 Å². The minimum Gasteiger partial charge on any atom is -0.477 e. The summed E-state index contributed by atoms with van der Waals surface area (Å²) in [6, 6.07) is 7.05. The number of carboxylic acids is 1. The Kier molecular flexibility index (Phi) is 4.38. The van der Waals surface area contributed by atoms with Gasteiger partial charge in [0.25, 0.3) is 0 Å². The molecule has 29 heavy (non-hydrogen) atoms. The normalized spacial score (nSPS) is 35.2. The largest absolute Gasteiger partial charge is 0.477 e. The number of morpholine rings is 1. The van der Waals surface area contributed by atoms with Gasteiger partial charge in [-0.3, -0.25) is 0 Å². The number of hydrogen-bond donors (Lipinski definition) is 2. The van der Waals surface area contributed by atoms with Gasteiger partial charge in [-0.15, -0.1) is 22.7 Å². The van der Waals surface area contributed by atoms with Gasteiger partial charge < -0.3 is 24.2 Å². The zero-order valence-electron chi connectivity index (χ0n) is 15.8. The molecule has 5 rings (SSSR count). The molecule has 3 saturated heterocycles. The highest BCUT2D eigenvalue weighted by Crippen LogP contribution is 2.53. The third kappa shape index (κ3) is 2.87. The number of carbonyl (C=O) groups is 2.